The van der Waals surface area contributed by atoms with Gasteiger partial charge in [-0.2, -0.15) is 5.10 Å². The highest BCUT2D eigenvalue weighted by molar-refractivity contribution is 6.30. The maximum Gasteiger partial charge on any atom is 0.138 e. The summed E-state index contributed by atoms with van der Waals surface area (Å²) >= 11 is 6.03. The molecule has 6 heteroatoms. The Balaban J connectivity index is 2.28. The molecule has 0 aliphatic carbocycles. The molecule has 1 atom stereocenters. The number of halogens is 1. The Morgan fingerprint density at radius 1 is 1.50 bits per heavy atom. The standard InChI is InChI=1S/C12H16ClN5/c1-8-3-4-9(13)5-10(8)11(17-14)6-12-15-7-16-18(12)2/h3-5,7,11,17H,6,14H2,1-2H3. The molecule has 18 heavy (non-hydrogen) atoms. The molecule has 0 amide bonds. The number of benzene rings is 1. The van der Waals surface area contributed by atoms with Crippen molar-refractivity contribution in [3.8, 4) is 0 Å². The van der Waals surface area contributed by atoms with Crippen LogP contribution in [0.5, 0.6) is 0 Å². The van der Waals surface area contributed by atoms with Gasteiger partial charge in [0, 0.05) is 18.5 Å². The van der Waals surface area contributed by atoms with Gasteiger partial charge in [0.2, 0.25) is 0 Å². The fraction of sp³-hybridized carbons (Fsp3) is 0.333. The third kappa shape index (κ3) is 2.69. The molecule has 1 aromatic carbocycles. The maximum absolute atomic E-state index is 6.03. The van der Waals surface area contributed by atoms with Crippen LogP contribution in [0.3, 0.4) is 0 Å². The molecule has 0 aliphatic rings. The van der Waals surface area contributed by atoms with Crippen molar-refractivity contribution < 1.29 is 0 Å². The highest BCUT2D eigenvalue weighted by atomic mass is 35.5. The fourth-order valence-corrected chi connectivity index (χ4v) is 2.11. The maximum atomic E-state index is 6.03. The van der Waals surface area contributed by atoms with Gasteiger partial charge in [0.1, 0.15) is 12.2 Å². The van der Waals surface area contributed by atoms with E-state index in [0.29, 0.717) is 11.4 Å². The van der Waals surface area contributed by atoms with E-state index in [1.165, 1.54) is 6.33 Å². The monoisotopic (exact) mass is 265 g/mol. The summed E-state index contributed by atoms with van der Waals surface area (Å²) in [6, 6.07) is 5.75. The van der Waals surface area contributed by atoms with Crippen LogP contribution < -0.4 is 11.3 Å². The summed E-state index contributed by atoms with van der Waals surface area (Å²) in [5.74, 6) is 6.51. The third-order valence-electron chi connectivity index (χ3n) is 3.01. The first-order valence-electron chi connectivity index (χ1n) is 5.67. The van der Waals surface area contributed by atoms with Crippen molar-refractivity contribution in [2.45, 2.75) is 19.4 Å². The molecule has 96 valence electrons. The van der Waals surface area contributed by atoms with E-state index in [-0.39, 0.29) is 6.04 Å². The molecule has 0 spiro atoms. The van der Waals surface area contributed by atoms with Crippen LogP contribution in [0.25, 0.3) is 0 Å². The Kier molecular flexibility index (Phi) is 3.96. The average molecular weight is 266 g/mol. The van der Waals surface area contributed by atoms with Gasteiger partial charge in [-0.3, -0.25) is 16.0 Å². The van der Waals surface area contributed by atoms with Crippen LogP contribution in [0, 0.1) is 6.92 Å². The molecule has 0 aliphatic heterocycles. The largest absolute Gasteiger partial charge is 0.271 e. The van der Waals surface area contributed by atoms with Crippen molar-refractivity contribution in [2.24, 2.45) is 12.9 Å². The zero-order valence-electron chi connectivity index (χ0n) is 10.4. The lowest BCUT2D eigenvalue weighted by Crippen LogP contribution is -2.30. The Morgan fingerprint density at radius 2 is 2.28 bits per heavy atom. The highest BCUT2D eigenvalue weighted by Gasteiger charge is 2.16. The van der Waals surface area contributed by atoms with E-state index in [9.17, 15) is 0 Å². The normalized spacial score (nSPS) is 12.7. The van der Waals surface area contributed by atoms with Crippen LogP contribution in [-0.4, -0.2) is 14.8 Å². The SMILES string of the molecule is Cc1ccc(Cl)cc1C(Cc1ncnn1C)NN. The molecular formula is C12H16ClN5. The fourth-order valence-electron chi connectivity index (χ4n) is 1.93. The molecule has 0 saturated heterocycles. The molecule has 0 bridgehead atoms. The van der Waals surface area contributed by atoms with Crippen molar-refractivity contribution in [3.05, 3.63) is 46.5 Å². The van der Waals surface area contributed by atoms with Gasteiger partial charge in [-0.15, -0.1) is 0 Å². The van der Waals surface area contributed by atoms with E-state index in [4.69, 9.17) is 17.4 Å². The number of nitrogens with zero attached hydrogens (tertiary/aromatic N) is 3. The van der Waals surface area contributed by atoms with E-state index >= 15 is 0 Å². The Hall–Kier alpha value is -1.43. The van der Waals surface area contributed by atoms with Gasteiger partial charge in [-0.05, 0) is 30.2 Å². The van der Waals surface area contributed by atoms with E-state index < -0.39 is 0 Å². The topological polar surface area (TPSA) is 68.8 Å². The molecule has 1 unspecified atom stereocenters. The number of nitrogens with one attached hydrogen (secondary N) is 1. The molecule has 0 saturated carbocycles. The van der Waals surface area contributed by atoms with Gasteiger partial charge in [-0.1, -0.05) is 17.7 Å². The number of nitrogens with two attached hydrogens (primary N) is 1. The Morgan fingerprint density at radius 3 is 2.89 bits per heavy atom. The van der Waals surface area contributed by atoms with Gasteiger partial charge < -0.3 is 0 Å². The van der Waals surface area contributed by atoms with Crippen LogP contribution in [0.2, 0.25) is 5.02 Å². The third-order valence-corrected chi connectivity index (χ3v) is 3.24. The smallest absolute Gasteiger partial charge is 0.138 e. The second-order valence-electron chi connectivity index (χ2n) is 4.22. The molecular weight excluding hydrogens is 250 g/mol. The van der Waals surface area contributed by atoms with Crippen molar-refractivity contribution in [3.63, 3.8) is 0 Å². The van der Waals surface area contributed by atoms with Crippen molar-refractivity contribution in [2.75, 3.05) is 0 Å². The first-order chi connectivity index (χ1) is 8.61. The molecule has 0 fully saturated rings. The number of hydrazine groups is 1. The van der Waals surface area contributed by atoms with Crippen molar-refractivity contribution >= 4 is 11.6 Å². The van der Waals surface area contributed by atoms with Crippen LogP contribution in [0.1, 0.15) is 23.0 Å². The predicted molar refractivity (Wildman–Crippen MR) is 71.0 cm³/mol. The van der Waals surface area contributed by atoms with Gasteiger partial charge in [0.25, 0.3) is 0 Å². The summed E-state index contributed by atoms with van der Waals surface area (Å²) in [6.07, 6.45) is 2.20. The molecule has 1 heterocycles. The van der Waals surface area contributed by atoms with E-state index in [0.717, 1.165) is 17.0 Å². The van der Waals surface area contributed by atoms with Crippen LogP contribution >= 0.6 is 11.6 Å². The quantitative estimate of drug-likeness (QED) is 0.650. The predicted octanol–water partition coefficient (Wildman–Crippen LogP) is 1.52. The number of hydrogen-bond acceptors (Lipinski definition) is 4. The molecule has 1 aromatic heterocycles. The zero-order chi connectivity index (χ0) is 13.1. The van der Waals surface area contributed by atoms with E-state index in [1.807, 2.05) is 32.2 Å². The second kappa shape index (κ2) is 5.48. The lowest BCUT2D eigenvalue weighted by Gasteiger charge is -2.18. The summed E-state index contributed by atoms with van der Waals surface area (Å²) in [5.41, 5.74) is 5.03. The number of aromatic nitrogens is 3. The zero-order valence-corrected chi connectivity index (χ0v) is 11.1. The molecule has 2 rings (SSSR count). The van der Waals surface area contributed by atoms with Crippen LogP contribution in [0.15, 0.2) is 24.5 Å². The Labute approximate surface area is 111 Å². The number of rotatable bonds is 4. The molecule has 3 N–H and O–H groups in total. The average Bonchev–Trinajstić information content (AvgIpc) is 2.75. The number of aryl methyl sites for hydroxylation is 2. The Bertz CT molecular complexity index is 537. The summed E-state index contributed by atoms with van der Waals surface area (Å²) < 4.78 is 1.74. The minimum Gasteiger partial charge on any atom is -0.271 e. The van der Waals surface area contributed by atoms with E-state index in [1.54, 1.807) is 4.68 Å². The van der Waals surface area contributed by atoms with Gasteiger partial charge in [-0.25, -0.2) is 4.98 Å². The van der Waals surface area contributed by atoms with E-state index in [2.05, 4.69) is 15.5 Å². The first kappa shape index (κ1) is 13.0. The summed E-state index contributed by atoms with van der Waals surface area (Å²) in [7, 11) is 1.86. The minimum absolute atomic E-state index is 0.0356. The van der Waals surface area contributed by atoms with Gasteiger partial charge in [0.15, 0.2) is 0 Å². The highest BCUT2D eigenvalue weighted by Crippen LogP contribution is 2.23. The van der Waals surface area contributed by atoms with Crippen molar-refractivity contribution in [1.29, 1.82) is 0 Å². The van der Waals surface area contributed by atoms with Gasteiger partial charge in [0.05, 0.1) is 6.04 Å². The van der Waals surface area contributed by atoms with Crippen LogP contribution in [-0.2, 0) is 13.5 Å². The molecule has 5 nitrogen and oxygen atoms in total. The lowest BCUT2D eigenvalue weighted by atomic mass is 9.99. The van der Waals surface area contributed by atoms with Crippen LogP contribution in [0.4, 0.5) is 0 Å². The summed E-state index contributed by atoms with van der Waals surface area (Å²) in [6.45, 7) is 2.03. The molecule has 0 radical (unpaired) electrons. The first-order valence-corrected chi connectivity index (χ1v) is 6.04. The lowest BCUT2D eigenvalue weighted by molar-refractivity contribution is 0.521. The number of hydrogen-bond donors (Lipinski definition) is 2. The second-order valence-corrected chi connectivity index (χ2v) is 4.66. The summed E-state index contributed by atoms with van der Waals surface area (Å²) in [4.78, 5) is 4.20. The van der Waals surface area contributed by atoms with Crippen molar-refractivity contribution in [1.82, 2.24) is 20.2 Å². The molecule has 2 aromatic rings. The minimum atomic E-state index is -0.0356. The summed E-state index contributed by atoms with van der Waals surface area (Å²) in [5, 5.41) is 4.75. The van der Waals surface area contributed by atoms with Gasteiger partial charge >= 0.3 is 0 Å².